The van der Waals surface area contributed by atoms with E-state index in [0.29, 0.717) is 11.5 Å². The van der Waals surface area contributed by atoms with E-state index in [1.54, 1.807) is 13.0 Å². The molecule has 3 rings (SSSR count). The van der Waals surface area contributed by atoms with E-state index in [1.807, 2.05) is 39.3 Å². The summed E-state index contributed by atoms with van der Waals surface area (Å²) in [5.41, 5.74) is 5.09. The molecule has 0 aromatic carbocycles. The molecule has 1 atom stereocenters. The van der Waals surface area contributed by atoms with Gasteiger partial charge in [0, 0.05) is 35.1 Å². The predicted molar refractivity (Wildman–Crippen MR) is 102 cm³/mol. The summed E-state index contributed by atoms with van der Waals surface area (Å²) in [5.74, 6) is 0.413. The van der Waals surface area contributed by atoms with E-state index in [1.165, 1.54) is 6.07 Å². The van der Waals surface area contributed by atoms with Crippen LogP contribution in [0.25, 0.3) is 11.5 Å². The van der Waals surface area contributed by atoms with Crippen LogP contribution in [0.1, 0.15) is 48.1 Å². The molecule has 0 fully saturated rings. The fraction of sp³-hybridized carbons (Fsp3) is 0.444. The maximum Gasteiger partial charge on any atom is 0.274 e. The van der Waals surface area contributed by atoms with Crippen LogP contribution in [0.15, 0.2) is 21.6 Å². The lowest BCUT2D eigenvalue weighted by atomic mass is 10.1. The molecule has 0 aliphatic carbocycles. The quantitative estimate of drug-likeness (QED) is 0.671. The van der Waals surface area contributed by atoms with Gasteiger partial charge in [0.2, 0.25) is 5.09 Å². The van der Waals surface area contributed by atoms with Gasteiger partial charge < -0.3 is 4.42 Å². The molecule has 0 aliphatic rings. The average molecular weight is 391 g/mol. The first-order chi connectivity index (χ1) is 12.7. The number of hydrogen-bond donors (Lipinski definition) is 2. The third kappa shape index (κ3) is 3.44. The van der Waals surface area contributed by atoms with Gasteiger partial charge in [0.1, 0.15) is 5.69 Å². The van der Waals surface area contributed by atoms with Gasteiger partial charge in [-0.25, -0.2) is 13.1 Å². The van der Waals surface area contributed by atoms with E-state index >= 15 is 0 Å². The fourth-order valence-electron chi connectivity index (χ4n) is 3.31. The zero-order chi connectivity index (χ0) is 19.9. The van der Waals surface area contributed by atoms with Crippen molar-refractivity contribution in [3.05, 3.63) is 40.3 Å². The molecule has 8 nitrogen and oxygen atoms in total. The summed E-state index contributed by atoms with van der Waals surface area (Å²) in [6.45, 7) is 12.2. The second kappa shape index (κ2) is 6.97. The third-order valence-corrected chi connectivity index (χ3v) is 6.25. The highest BCUT2D eigenvalue weighted by molar-refractivity contribution is 7.89. The number of hydrogen-bond acceptors (Lipinski definition) is 5. The molecular formula is C18H25N5O3S. The summed E-state index contributed by atoms with van der Waals surface area (Å²) < 4.78 is 35.7. The normalized spacial score (nSPS) is 13.3. The Kier molecular flexibility index (Phi) is 5.00. The van der Waals surface area contributed by atoms with Gasteiger partial charge in [-0.1, -0.05) is 0 Å². The van der Waals surface area contributed by atoms with E-state index in [2.05, 4.69) is 20.0 Å². The Morgan fingerprint density at radius 2 is 1.96 bits per heavy atom. The summed E-state index contributed by atoms with van der Waals surface area (Å²) in [7, 11) is -3.82. The van der Waals surface area contributed by atoms with Crippen molar-refractivity contribution in [2.75, 3.05) is 0 Å². The molecule has 0 amide bonds. The van der Waals surface area contributed by atoms with Gasteiger partial charge in [-0.3, -0.25) is 9.78 Å². The molecule has 2 N–H and O–H groups in total. The van der Waals surface area contributed by atoms with Crippen LogP contribution < -0.4 is 4.72 Å². The van der Waals surface area contributed by atoms with Crippen LogP contribution in [0, 0.1) is 27.7 Å². The number of nitrogens with zero attached hydrogens (tertiary/aromatic N) is 3. The van der Waals surface area contributed by atoms with Gasteiger partial charge in [0.05, 0.1) is 5.69 Å². The van der Waals surface area contributed by atoms with Crippen molar-refractivity contribution >= 4 is 10.0 Å². The maximum atomic E-state index is 12.8. The minimum absolute atomic E-state index is 0.136. The van der Waals surface area contributed by atoms with E-state index in [4.69, 9.17) is 4.42 Å². The molecule has 3 aromatic heterocycles. The molecule has 0 bridgehead atoms. The lowest BCUT2D eigenvalue weighted by Crippen LogP contribution is -2.27. The Labute approximate surface area is 159 Å². The summed E-state index contributed by atoms with van der Waals surface area (Å²) in [4.78, 5) is 0. The Bertz CT molecular complexity index is 1070. The van der Waals surface area contributed by atoms with Gasteiger partial charge in [-0.05, 0) is 53.7 Å². The number of furan rings is 1. The number of aromatic amines is 1. The summed E-state index contributed by atoms with van der Waals surface area (Å²) >= 11 is 0. The minimum atomic E-state index is -3.82. The molecule has 0 aliphatic heterocycles. The van der Waals surface area contributed by atoms with Crippen molar-refractivity contribution in [2.24, 2.45) is 0 Å². The SMILES string of the molecule is CCn1nc(C)c([C@H](C)NS(=O)(=O)c2ccc(-c3n[nH]c(C)c3C)o2)c1C. The number of aromatic nitrogens is 4. The first kappa shape index (κ1) is 19.4. The number of H-pyrrole nitrogens is 1. The molecule has 0 spiro atoms. The molecule has 27 heavy (non-hydrogen) atoms. The lowest BCUT2D eigenvalue weighted by molar-refractivity contribution is 0.451. The van der Waals surface area contributed by atoms with E-state index in [9.17, 15) is 8.42 Å². The fourth-order valence-corrected chi connectivity index (χ4v) is 4.46. The monoisotopic (exact) mass is 391 g/mol. The van der Waals surface area contributed by atoms with Gasteiger partial charge in [0.15, 0.2) is 5.76 Å². The zero-order valence-corrected chi connectivity index (χ0v) is 17.2. The van der Waals surface area contributed by atoms with Crippen molar-refractivity contribution in [1.82, 2.24) is 24.7 Å². The molecule has 3 heterocycles. The van der Waals surface area contributed by atoms with Gasteiger partial charge >= 0.3 is 0 Å². The second-order valence-electron chi connectivity index (χ2n) is 6.68. The van der Waals surface area contributed by atoms with Crippen LogP contribution in [-0.2, 0) is 16.6 Å². The van der Waals surface area contributed by atoms with Crippen molar-refractivity contribution in [3.8, 4) is 11.5 Å². The topological polar surface area (TPSA) is 106 Å². The minimum Gasteiger partial charge on any atom is -0.442 e. The molecule has 0 unspecified atom stereocenters. The number of aryl methyl sites for hydroxylation is 3. The number of sulfonamides is 1. The Balaban J connectivity index is 1.87. The van der Waals surface area contributed by atoms with Crippen molar-refractivity contribution in [2.45, 2.75) is 59.2 Å². The van der Waals surface area contributed by atoms with Gasteiger partial charge in [0.25, 0.3) is 10.0 Å². The van der Waals surface area contributed by atoms with Crippen LogP contribution in [0.3, 0.4) is 0 Å². The molecule has 0 saturated heterocycles. The Morgan fingerprint density at radius 1 is 1.26 bits per heavy atom. The lowest BCUT2D eigenvalue weighted by Gasteiger charge is -2.14. The highest BCUT2D eigenvalue weighted by Gasteiger charge is 2.26. The summed E-state index contributed by atoms with van der Waals surface area (Å²) in [5, 5.41) is 11.4. The molecule has 0 saturated carbocycles. The molecular weight excluding hydrogens is 366 g/mol. The van der Waals surface area contributed by atoms with E-state index < -0.39 is 16.1 Å². The first-order valence-corrected chi connectivity index (χ1v) is 10.3. The van der Waals surface area contributed by atoms with Crippen LogP contribution in [0.5, 0.6) is 0 Å². The van der Waals surface area contributed by atoms with Crippen LogP contribution in [-0.4, -0.2) is 28.4 Å². The molecule has 146 valence electrons. The largest absolute Gasteiger partial charge is 0.442 e. The van der Waals surface area contributed by atoms with E-state index in [-0.39, 0.29) is 5.09 Å². The summed E-state index contributed by atoms with van der Waals surface area (Å²) in [6.07, 6.45) is 0. The summed E-state index contributed by atoms with van der Waals surface area (Å²) in [6, 6.07) is 2.63. The van der Waals surface area contributed by atoms with Crippen LogP contribution in [0.2, 0.25) is 0 Å². The van der Waals surface area contributed by atoms with Crippen molar-refractivity contribution in [1.29, 1.82) is 0 Å². The highest BCUT2D eigenvalue weighted by atomic mass is 32.2. The highest BCUT2D eigenvalue weighted by Crippen LogP contribution is 2.28. The van der Waals surface area contributed by atoms with E-state index in [0.717, 1.165) is 34.8 Å². The Hall–Kier alpha value is -2.39. The smallest absolute Gasteiger partial charge is 0.274 e. The van der Waals surface area contributed by atoms with Crippen molar-refractivity contribution < 1.29 is 12.8 Å². The molecule has 0 radical (unpaired) electrons. The van der Waals surface area contributed by atoms with Crippen LogP contribution in [0.4, 0.5) is 0 Å². The number of nitrogens with one attached hydrogen (secondary N) is 2. The number of rotatable bonds is 6. The van der Waals surface area contributed by atoms with Gasteiger partial charge in [-0.2, -0.15) is 10.2 Å². The van der Waals surface area contributed by atoms with Crippen LogP contribution >= 0.6 is 0 Å². The zero-order valence-electron chi connectivity index (χ0n) is 16.4. The van der Waals surface area contributed by atoms with Gasteiger partial charge in [-0.15, -0.1) is 0 Å². The average Bonchev–Trinajstić information content (AvgIpc) is 3.27. The standard InChI is InChI=1S/C18H25N5O3S/c1-7-23-14(6)17(12(4)21-23)13(5)22-27(24,25)16-9-8-15(26-16)18-10(2)11(3)19-20-18/h8-9,13,22H,7H2,1-6H3,(H,19,20)/t13-/m0/s1. The molecule has 9 heteroatoms. The predicted octanol–water partition coefficient (Wildman–Crippen LogP) is 3.16. The second-order valence-corrected chi connectivity index (χ2v) is 8.33. The Morgan fingerprint density at radius 3 is 2.52 bits per heavy atom. The third-order valence-electron chi connectivity index (χ3n) is 4.83. The first-order valence-electron chi connectivity index (χ1n) is 8.83. The molecule has 3 aromatic rings. The van der Waals surface area contributed by atoms with Crippen molar-refractivity contribution in [3.63, 3.8) is 0 Å². The maximum absolute atomic E-state index is 12.8.